The second kappa shape index (κ2) is 9.53. The lowest BCUT2D eigenvalue weighted by Gasteiger charge is -2.18. The van der Waals surface area contributed by atoms with E-state index in [4.69, 9.17) is 9.72 Å². The van der Waals surface area contributed by atoms with Crippen LogP contribution in [0.4, 0.5) is 0 Å². The molecule has 0 saturated carbocycles. The van der Waals surface area contributed by atoms with Gasteiger partial charge in [0.15, 0.2) is 0 Å². The van der Waals surface area contributed by atoms with E-state index in [2.05, 4.69) is 30.9 Å². The molecule has 5 nitrogen and oxygen atoms in total. The van der Waals surface area contributed by atoms with Crippen molar-refractivity contribution in [2.24, 2.45) is 5.92 Å². The average Bonchev–Trinajstić information content (AvgIpc) is 3.10. The van der Waals surface area contributed by atoms with E-state index in [0.717, 1.165) is 53.9 Å². The van der Waals surface area contributed by atoms with E-state index in [1.165, 1.54) is 16.0 Å². The molecule has 0 amide bonds. The molecular formula is C25H33N3O2S. The first kappa shape index (κ1) is 22.0. The molecular weight excluding hydrogens is 406 g/mol. The Morgan fingerprint density at radius 1 is 1.26 bits per heavy atom. The highest BCUT2D eigenvalue weighted by atomic mass is 32.1. The normalized spacial score (nSPS) is 16.1. The summed E-state index contributed by atoms with van der Waals surface area (Å²) in [5.74, 6) is 2.42. The quantitative estimate of drug-likeness (QED) is 0.478. The molecule has 0 fully saturated rings. The van der Waals surface area contributed by atoms with Gasteiger partial charge in [0.25, 0.3) is 5.56 Å². The molecule has 6 heteroatoms. The number of aromatic nitrogens is 2. The molecule has 4 rings (SSSR count). The Labute approximate surface area is 188 Å². The highest BCUT2D eigenvalue weighted by molar-refractivity contribution is 7.18. The van der Waals surface area contributed by atoms with E-state index in [1.807, 2.05) is 30.8 Å². The van der Waals surface area contributed by atoms with Crippen LogP contribution in [0.3, 0.4) is 0 Å². The second-order valence-corrected chi connectivity index (χ2v) is 10.0. The van der Waals surface area contributed by atoms with Gasteiger partial charge in [0.2, 0.25) is 0 Å². The third kappa shape index (κ3) is 4.85. The summed E-state index contributed by atoms with van der Waals surface area (Å²) >= 11 is 1.73. The van der Waals surface area contributed by atoms with Gasteiger partial charge in [-0.3, -0.25) is 9.36 Å². The Balaban J connectivity index is 1.55. The molecule has 1 unspecified atom stereocenters. The standard InChI is InChI=1S/C25H33N3O2S/c1-5-18-8-10-19(11-9-18)30-14-6-13-28-22(16-27(3)4)26-24-23(25(28)29)20-12-7-17(2)15-21(20)31-24/h8-11,17H,5-7,12-16H2,1-4H3. The summed E-state index contributed by atoms with van der Waals surface area (Å²) in [5.41, 5.74) is 2.69. The molecule has 1 aliphatic carbocycles. The first-order valence-electron chi connectivity index (χ1n) is 11.4. The maximum Gasteiger partial charge on any atom is 0.262 e. The summed E-state index contributed by atoms with van der Waals surface area (Å²) in [7, 11) is 4.04. The number of benzene rings is 1. The van der Waals surface area contributed by atoms with Crippen LogP contribution < -0.4 is 10.3 Å². The van der Waals surface area contributed by atoms with Gasteiger partial charge in [0, 0.05) is 11.4 Å². The predicted octanol–water partition coefficient (Wildman–Crippen LogP) is 4.68. The third-order valence-corrected chi connectivity index (χ3v) is 7.23. The van der Waals surface area contributed by atoms with Crippen molar-refractivity contribution in [3.05, 3.63) is 56.4 Å². The number of fused-ring (bicyclic) bond motifs is 3. The zero-order chi connectivity index (χ0) is 22.0. The van der Waals surface area contributed by atoms with Crippen LogP contribution in [0.15, 0.2) is 29.1 Å². The lowest BCUT2D eigenvalue weighted by Crippen LogP contribution is -2.29. The minimum atomic E-state index is 0.126. The fraction of sp³-hybridized carbons (Fsp3) is 0.520. The first-order chi connectivity index (χ1) is 15.0. The van der Waals surface area contributed by atoms with E-state index in [0.29, 0.717) is 25.6 Å². The maximum atomic E-state index is 13.6. The van der Waals surface area contributed by atoms with E-state index in [9.17, 15) is 4.79 Å². The van der Waals surface area contributed by atoms with Gasteiger partial charge >= 0.3 is 0 Å². The first-order valence-corrected chi connectivity index (χ1v) is 12.2. The molecule has 166 valence electrons. The topological polar surface area (TPSA) is 47.4 Å². The molecule has 1 aromatic carbocycles. The maximum absolute atomic E-state index is 13.6. The van der Waals surface area contributed by atoms with Crippen LogP contribution in [0.1, 0.15) is 48.5 Å². The monoisotopic (exact) mass is 439 g/mol. The van der Waals surface area contributed by atoms with E-state index >= 15 is 0 Å². The van der Waals surface area contributed by atoms with Gasteiger partial charge in [0.1, 0.15) is 16.4 Å². The van der Waals surface area contributed by atoms with E-state index in [-0.39, 0.29) is 5.56 Å². The predicted molar refractivity (Wildman–Crippen MR) is 128 cm³/mol. The zero-order valence-corrected chi connectivity index (χ0v) is 19.9. The van der Waals surface area contributed by atoms with Crippen molar-refractivity contribution in [3.8, 4) is 5.75 Å². The van der Waals surface area contributed by atoms with Gasteiger partial charge < -0.3 is 9.64 Å². The molecule has 3 aromatic rings. The minimum Gasteiger partial charge on any atom is -0.494 e. The van der Waals surface area contributed by atoms with Gasteiger partial charge in [-0.2, -0.15) is 0 Å². The Morgan fingerprint density at radius 2 is 2.03 bits per heavy atom. The van der Waals surface area contributed by atoms with Crippen LogP contribution in [0.25, 0.3) is 10.2 Å². The summed E-state index contributed by atoms with van der Waals surface area (Å²) < 4.78 is 7.80. The highest BCUT2D eigenvalue weighted by Gasteiger charge is 2.24. The van der Waals surface area contributed by atoms with Gasteiger partial charge in [0.05, 0.1) is 18.5 Å². The highest BCUT2D eigenvalue weighted by Crippen LogP contribution is 2.35. The van der Waals surface area contributed by atoms with Crippen molar-refractivity contribution in [3.63, 3.8) is 0 Å². The van der Waals surface area contributed by atoms with Gasteiger partial charge in [-0.1, -0.05) is 26.0 Å². The number of hydrogen-bond acceptors (Lipinski definition) is 5. The number of ether oxygens (including phenoxy) is 1. The number of rotatable bonds is 8. The molecule has 31 heavy (non-hydrogen) atoms. The molecule has 0 N–H and O–H groups in total. The molecule has 0 aliphatic heterocycles. The second-order valence-electron chi connectivity index (χ2n) is 8.95. The van der Waals surface area contributed by atoms with Crippen LogP contribution in [0.5, 0.6) is 5.75 Å². The Bertz CT molecular complexity index is 1100. The van der Waals surface area contributed by atoms with Crippen molar-refractivity contribution in [2.75, 3.05) is 20.7 Å². The minimum absolute atomic E-state index is 0.126. The fourth-order valence-corrected chi connectivity index (χ4v) is 5.73. The van der Waals surface area contributed by atoms with Crippen molar-refractivity contribution >= 4 is 21.6 Å². The van der Waals surface area contributed by atoms with Crippen LogP contribution in [-0.2, 0) is 32.4 Å². The number of hydrogen-bond donors (Lipinski definition) is 0. The molecule has 1 aliphatic rings. The summed E-state index contributed by atoms with van der Waals surface area (Å²) in [6.07, 6.45) is 5.02. The van der Waals surface area contributed by atoms with Crippen LogP contribution >= 0.6 is 11.3 Å². The van der Waals surface area contributed by atoms with Gasteiger partial charge in [-0.15, -0.1) is 11.3 Å². The largest absolute Gasteiger partial charge is 0.494 e. The molecule has 0 saturated heterocycles. The average molecular weight is 440 g/mol. The van der Waals surface area contributed by atoms with Crippen molar-refractivity contribution in [1.29, 1.82) is 0 Å². The summed E-state index contributed by atoms with van der Waals surface area (Å²) in [5, 5.41) is 0.866. The SMILES string of the molecule is CCc1ccc(OCCCn2c(CN(C)C)nc3sc4c(c3c2=O)CCC(C)C4)cc1. The number of nitrogens with zero attached hydrogens (tertiary/aromatic N) is 3. The Hall–Kier alpha value is -2.18. The lowest BCUT2D eigenvalue weighted by atomic mass is 9.89. The van der Waals surface area contributed by atoms with Crippen molar-refractivity contribution in [2.45, 2.75) is 59.0 Å². The summed E-state index contributed by atoms with van der Waals surface area (Å²) in [6, 6.07) is 8.25. The lowest BCUT2D eigenvalue weighted by molar-refractivity contribution is 0.296. The van der Waals surface area contributed by atoms with Gasteiger partial charge in [-0.25, -0.2) is 4.98 Å². The van der Waals surface area contributed by atoms with E-state index in [1.54, 1.807) is 11.3 Å². The molecule has 0 bridgehead atoms. The molecule has 2 heterocycles. The smallest absolute Gasteiger partial charge is 0.262 e. The molecule has 0 spiro atoms. The molecule has 2 aromatic heterocycles. The van der Waals surface area contributed by atoms with Crippen molar-refractivity contribution < 1.29 is 4.74 Å². The third-order valence-electron chi connectivity index (χ3n) is 6.08. The number of thiophene rings is 1. The Morgan fingerprint density at radius 3 is 2.74 bits per heavy atom. The van der Waals surface area contributed by atoms with Crippen LogP contribution in [0.2, 0.25) is 0 Å². The van der Waals surface area contributed by atoms with Crippen LogP contribution in [0, 0.1) is 5.92 Å². The number of aryl methyl sites for hydroxylation is 2. The summed E-state index contributed by atoms with van der Waals surface area (Å²) in [4.78, 5) is 22.9. The zero-order valence-electron chi connectivity index (χ0n) is 19.1. The van der Waals surface area contributed by atoms with E-state index < -0.39 is 0 Å². The fourth-order valence-electron chi connectivity index (χ4n) is 4.33. The Kier molecular flexibility index (Phi) is 6.77. The van der Waals surface area contributed by atoms with Gasteiger partial charge in [-0.05, 0) is 75.4 Å². The molecule has 1 atom stereocenters. The molecule has 0 radical (unpaired) electrons. The van der Waals surface area contributed by atoms with Crippen LogP contribution in [-0.4, -0.2) is 35.2 Å². The van der Waals surface area contributed by atoms with Crippen molar-refractivity contribution in [1.82, 2.24) is 14.5 Å². The summed E-state index contributed by atoms with van der Waals surface area (Å²) in [6.45, 7) is 6.31.